The first kappa shape index (κ1) is 130. The largest absolute Gasteiger partial charge is 0.481 e. The van der Waals surface area contributed by atoms with Gasteiger partial charge >= 0.3 is 17.9 Å². The molecule has 1 aliphatic rings. The van der Waals surface area contributed by atoms with E-state index in [1.807, 2.05) is 0 Å². The number of nitrogens with one attached hydrogen (secondary N) is 18. The lowest BCUT2D eigenvalue weighted by atomic mass is 9.96. The van der Waals surface area contributed by atoms with Crippen LogP contribution in [0.4, 0.5) is 0 Å². The maximum absolute atomic E-state index is 14.4. The highest BCUT2D eigenvalue weighted by molar-refractivity contribution is 7.98. The van der Waals surface area contributed by atoms with Crippen LogP contribution in [0.5, 0.6) is 0 Å². The van der Waals surface area contributed by atoms with Crippen molar-refractivity contribution in [1.82, 2.24) is 101 Å². The van der Waals surface area contributed by atoms with Crippen LogP contribution < -0.4 is 113 Å². The lowest BCUT2D eigenvalue weighted by Crippen LogP contribution is -2.62. The number of aliphatic hydroxyl groups excluding tert-OH is 3. The van der Waals surface area contributed by atoms with E-state index < -0.39 is 307 Å². The standard InChI is InChI=1S/C90H158N22O28S3/c1-18-46(8)68(108-89(138)71(53(15)115)111-81(130)56(25-20-22-34-92)99-75(124)54(93)42-141)86(135)106-62(39-44(4)5)83(132)100-55(24-19-21-33-91)77(126)96-48(10)73(122)105-61(38-43(2)3)76(125)94-41-65(116)112-35-23-26-64(112)85(134)97-47(9)72(121)95-49(11)74(123)109-70(52(14)114)88(137)107-63(40-45(6)7)84(133)102-58(28-30-67(119)120)78(127)101-57(27-29-66(117)118)79(128)103-59(31-36-142-16)80(129)104-60(32-37-143-17)82(131)110-69(51(13)113)87(136)98-50(12)90(139)140/h43-64,68-71,113-115,141H,18-42,91-93H2,1-17H3,(H,94,125)(H,95,121)(H,96,126)(H,97,134)(H,98,136)(H,99,124)(H,100,132)(H,101,127)(H,102,133)(H,103,128)(H,104,129)(H,105,122)(H,106,135)(H,107,137)(H,108,138)(H,109,123)(H,110,131)(H,111,130)(H,117,118)(H,119,120)(H,139,140)/t46-,47-,48-,49-,50-,51+,52+,53+,54-,55-,56-,57-,58-,59-,60-,61-,62-,63-,64-,68-,69-,70-,71-/m0/s1. The Bertz CT molecular complexity index is 4240. The average Bonchev–Trinajstić information content (AvgIpc) is 1.78. The number of thiol groups is 1. The normalized spacial score (nSPS) is 17.0. The minimum atomic E-state index is -1.89. The van der Waals surface area contributed by atoms with E-state index in [0.29, 0.717) is 38.5 Å². The second-order valence-corrected chi connectivity index (χ2v) is 39.3. The number of nitrogens with two attached hydrogens (primary N) is 3. The van der Waals surface area contributed by atoms with Crippen molar-refractivity contribution in [1.29, 1.82) is 0 Å². The number of unbranched alkanes of at least 4 members (excludes halogenated alkanes) is 2. The molecule has 0 aromatic carbocycles. The van der Waals surface area contributed by atoms with Gasteiger partial charge in [-0.25, -0.2) is 0 Å². The van der Waals surface area contributed by atoms with Crippen molar-refractivity contribution in [3.63, 3.8) is 0 Å². The summed E-state index contributed by atoms with van der Waals surface area (Å²) in [6.45, 7) is 21.9. The molecule has 0 aliphatic carbocycles. The predicted molar refractivity (Wildman–Crippen MR) is 531 cm³/mol. The van der Waals surface area contributed by atoms with Crippen LogP contribution in [0.3, 0.4) is 0 Å². The van der Waals surface area contributed by atoms with E-state index >= 15 is 0 Å². The number of carbonyl (C=O) groups is 22. The van der Waals surface area contributed by atoms with E-state index in [4.69, 9.17) is 17.2 Å². The van der Waals surface area contributed by atoms with E-state index in [-0.39, 0.29) is 100 Å². The van der Waals surface area contributed by atoms with Gasteiger partial charge in [-0.05, 0) is 206 Å². The molecule has 814 valence electrons. The molecule has 0 saturated carbocycles. The fourth-order valence-electron chi connectivity index (χ4n) is 14.5. The first-order valence-electron chi connectivity index (χ1n) is 48.1. The predicted octanol–water partition coefficient (Wildman–Crippen LogP) is -6.42. The van der Waals surface area contributed by atoms with Crippen LogP contribution in [-0.2, 0) is 105 Å². The number of carboxylic acid groups (broad SMARTS) is 3. The third-order valence-corrected chi connectivity index (χ3v) is 24.7. The summed E-state index contributed by atoms with van der Waals surface area (Å²) in [5, 5.41) is 106. The molecule has 1 saturated heterocycles. The Morgan fingerprint density at radius 2 is 0.650 bits per heavy atom. The Morgan fingerprint density at radius 3 is 1.02 bits per heavy atom. The van der Waals surface area contributed by atoms with Crippen molar-refractivity contribution in [2.24, 2.45) is 40.9 Å². The molecule has 143 heavy (non-hydrogen) atoms. The van der Waals surface area contributed by atoms with E-state index in [1.54, 1.807) is 67.9 Å². The topological polar surface area (TPSA) is 795 Å². The van der Waals surface area contributed by atoms with Gasteiger partial charge in [0.1, 0.15) is 109 Å². The van der Waals surface area contributed by atoms with Crippen molar-refractivity contribution < 1.29 is 136 Å². The first-order chi connectivity index (χ1) is 66.9. The van der Waals surface area contributed by atoms with Crippen molar-refractivity contribution in [2.75, 3.05) is 55.9 Å². The summed E-state index contributed by atoms with van der Waals surface area (Å²) in [4.78, 5) is 302. The highest BCUT2D eigenvalue weighted by Gasteiger charge is 2.43. The summed E-state index contributed by atoms with van der Waals surface area (Å²) < 4.78 is 0. The highest BCUT2D eigenvalue weighted by Crippen LogP contribution is 2.21. The molecule has 30 N–H and O–H groups in total. The minimum absolute atomic E-state index is 0.00573. The molecule has 0 aromatic rings. The van der Waals surface area contributed by atoms with Crippen LogP contribution in [0.25, 0.3) is 0 Å². The molecule has 19 amide bonds. The number of hydrogen-bond acceptors (Lipinski definition) is 31. The molecule has 0 bridgehead atoms. The van der Waals surface area contributed by atoms with Crippen LogP contribution in [0.2, 0.25) is 0 Å². The number of hydrogen-bond donors (Lipinski definition) is 28. The van der Waals surface area contributed by atoms with E-state index in [2.05, 4.69) is 108 Å². The zero-order chi connectivity index (χ0) is 109. The quantitative estimate of drug-likeness (QED) is 0.0199. The molecule has 53 heteroatoms. The third kappa shape index (κ3) is 48.6. The molecular formula is C90H158N22O28S3. The number of aliphatic hydroxyl groups is 3. The van der Waals surface area contributed by atoms with E-state index in [1.165, 1.54) is 56.1 Å². The lowest BCUT2D eigenvalue weighted by Gasteiger charge is -2.30. The van der Waals surface area contributed by atoms with Gasteiger partial charge in [-0.15, -0.1) is 0 Å². The molecule has 0 spiro atoms. The van der Waals surface area contributed by atoms with Crippen LogP contribution >= 0.6 is 36.2 Å². The van der Waals surface area contributed by atoms with Gasteiger partial charge in [-0.1, -0.05) is 61.8 Å². The van der Waals surface area contributed by atoms with Gasteiger partial charge < -0.3 is 148 Å². The monoisotopic (exact) mass is 2090 g/mol. The Kier molecular flexibility index (Phi) is 61.6. The molecule has 1 rings (SSSR count). The fourth-order valence-corrected chi connectivity index (χ4v) is 15.6. The van der Waals surface area contributed by atoms with Gasteiger partial charge in [0, 0.05) is 25.1 Å². The molecule has 0 unspecified atom stereocenters. The number of thioether (sulfide) groups is 2. The number of likely N-dealkylation sites (tertiary alicyclic amines) is 1. The second-order valence-electron chi connectivity index (χ2n) is 37.0. The maximum atomic E-state index is 14.4. The van der Waals surface area contributed by atoms with Crippen LogP contribution in [0, 0.1) is 23.7 Å². The van der Waals surface area contributed by atoms with Crippen molar-refractivity contribution in [3.05, 3.63) is 0 Å². The van der Waals surface area contributed by atoms with Crippen molar-refractivity contribution in [3.8, 4) is 0 Å². The van der Waals surface area contributed by atoms with E-state index in [0.717, 1.165) is 20.8 Å². The summed E-state index contributed by atoms with van der Waals surface area (Å²) >= 11 is 6.54. The summed E-state index contributed by atoms with van der Waals surface area (Å²) in [6, 6.07) is -28.1. The smallest absolute Gasteiger partial charge is 0.325 e. The molecule has 0 radical (unpaired) electrons. The molecule has 1 fully saturated rings. The van der Waals surface area contributed by atoms with Crippen molar-refractivity contribution in [2.45, 2.75) is 353 Å². The Hall–Kier alpha value is -10.8. The first-order valence-corrected chi connectivity index (χ1v) is 51.6. The third-order valence-electron chi connectivity index (χ3n) is 23.0. The van der Waals surface area contributed by atoms with Crippen LogP contribution in [0.1, 0.15) is 219 Å². The molecule has 1 heterocycles. The Labute approximate surface area is 848 Å². The van der Waals surface area contributed by atoms with Gasteiger partial charge in [0.05, 0.1) is 30.9 Å². The zero-order valence-corrected chi connectivity index (χ0v) is 87.3. The fraction of sp³-hybridized carbons (Fsp3) is 0.756. The molecule has 1 aliphatic heterocycles. The summed E-state index contributed by atoms with van der Waals surface area (Å²) in [5.74, 6) is -23.6. The molecule has 0 aromatic heterocycles. The minimum Gasteiger partial charge on any atom is -0.481 e. The lowest BCUT2D eigenvalue weighted by molar-refractivity contribution is -0.142. The SMILES string of the molecule is CC[C@H](C)[C@H](NC(=O)[C@@H](NC(=O)[C@H](CCCCN)NC(=O)[C@@H](N)CS)[C@@H](C)O)C(=O)N[C@@H](CC(C)C)C(=O)N[C@@H](CCCCN)C(=O)N[C@@H](C)C(=O)N[C@@H](CC(C)C)C(=O)NCC(=O)N1CCC[C@H]1C(=O)N[C@@H](C)C(=O)N[C@@H](C)C(=O)N[C@H](C(=O)N[C@@H](CC(C)C)C(=O)N[C@@H](CCC(=O)O)C(=O)N[C@@H](CCC(=O)O)C(=O)N[C@@H](CCSC)C(=O)N[C@@H](CCSC)C(=O)N[C@H](C(=O)N[C@@H](C)C(=O)O)[C@@H](C)O)[C@@H](C)O. The number of rotatable bonds is 70. The Balaban J connectivity index is 3.37. The van der Waals surface area contributed by atoms with Gasteiger partial charge in [0.15, 0.2) is 0 Å². The summed E-state index contributed by atoms with van der Waals surface area (Å²) in [5.41, 5.74) is 17.3. The molecule has 50 nitrogen and oxygen atoms in total. The van der Waals surface area contributed by atoms with Gasteiger partial charge in [0.2, 0.25) is 112 Å². The zero-order valence-electron chi connectivity index (χ0n) is 84.8. The average molecular weight is 2090 g/mol. The van der Waals surface area contributed by atoms with Crippen LogP contribution in [0.15, 0.2) is 0 Å². The second kappa shape index (κ2) is 67.7. The van der Waals surface area contributed by atoms with Gasteiger partial charge in [-0.2, -0.15) is 36.2 Å². The van der Waals surface area contributed by atoms with Crippen LogP contribution in [-0.4, -0.2) is 355 Å². The van der Waals surface area contributed by atoms with E-state index in [9.17, 15) is 136 Å². The number of carboxylic acids is 3. The van der Waals surface area contributed by atoms with Gasteiger partial charge in [-0.3, -0.25) is 105 Å². The number of amides is 19. The van der Waals surface area contributed by atoms with Crippen molar-refractivity contribution >= 4 is 166 Å². The molecule has 23 atom stereocenters. The Morgan fingerprint density at radius 1 is 0.357 bits per heavy atom. The number of aliphatic carboxylic acids is 3. The van der Waals surface area contributed by atoms with Gasteiger partial charge in [0.25, 0.3) is 0 Å². The number of carbonyl (C=O) groups excluding carboxylic acids is 19. The maximum Gasteiger partial charge on any atom is 0.325 e. The number of nitrogens with zero attached hydrogens (tertiary/aromatic N) is 1. The highest BCUT2D eigenvalue weighted by atomic mass is 32.2. The summed E-state index contributed by atoms with van der Waals surface area (Å²) in [7, 11) is 0. The molecular weight excluding hydrogens is 1930 g/mol. The summed E-state index contributed by atoms with van der Waals surface area (Å²) in [6.07, 6.45) is -2.48.